The fraction of sp³-hybridized carbons (Fsp3) is 0.235. The quantitative estimate of drug-likeness (QED) is 0.797. The van der Waals surface area contributed by atoms with Crippen LogP contribution in [0.5, 0.6) is 0 Å². The zero-order valence-corrected chi connectivity index (χ0v) is 12.8. The Morgan fingerprint density at radius 2 is 2.00 bits per heavy atom. The number of halogens is 1. The molecule has 3 aromatic rings. The van der Waals surface area contributed by atoms with Crippen LogP contribution in [-0.4, -0.2) is 9.55 Å². The first-order chi connectivity index (χ1) is 10.2. The van der Waals surface area contributed by atoms with Crippen molar-refractivity contribution >= 4 is 22.6 Å². The third kappa shape index (κ3) is 2.67. The van der Waals surface area contributed by atoms with Gasteiger partial charge in [-0.1, -0.05) is 35.9 Å². The molecule has 0 bridgehead atoms. The average Bonchev–Trinajstić information content (AvgIpc) is 2.85. The topological polar surface area (TPSA) is 43.8 Å². The Morgan fingerprint density at radius 1 is 1.19 bits per heavy atom. The Labute approximate surface area is 129 Å². The first-order valence-corrected chi connectivity index (χ1v) is 7.52. The second-order valence-electron chi connectivity index (χ2n) is 5.07. The second kappa shape index (κ2) is 5.88. The summed E-state index contributed by atoms with van der Waals surface area (Å²) in [6.45, 7) is 3.56. The minimum atomic E-state index is 0.536. The number of nitrogens with two attached hydrogens (primary N) is 1. The standard InChI is InChI=1S/C17H18ClN3/c1-2-21-16-8-7-12(11-19)9-15(16)20-17(21)10-13-5-3-4-6-14(13)18/h3-9H,2,10-11,19H2,1H3. The van der Waals surface area contributed by atoms with Crippen molar-refractivity contribution < 1.29 is 0 Å². The van der Waals surface area contributed by atoms with Crippen LogP contribution in [0.3, 0.4) is 0 Å². The fourth-order valence-corrected chi connectivity index (χ4v) is 2.85. The summed E-state index contributed by atoms with van der Waals surface area (Å²) in [5.74, 6) is 1.04. The van der Waals surface area contributed by atoms with Gasteiger partial charge in [-0.25, -0.2) is 4.98 Å². The summed E-state index contributed by atoms with van der Waals surface area (Å²) in [4.78, 5) is 4.78. The van der Waals surface area contributed by atoms with E-state index in [0.29, 0.717) is 6.54 Å². The minimum Gasteiger partial charge on any atom is -0.328 e. The smallest absolute Gasteiger partial charge is 0.114 e. The van der Waals surface area contributed by atoms with Crippen LogP contribution in [0.15, 0.2) is 42.5 Å². The zero-order chi connectivity index (χ0) is 14.8. The molecule has 3 nitrogen and oxygen atoms in total. The van der Waals surface area contributed by atoms with Crippen LogP contribution >= 0.6 is 11.6 Å². The van der Waals surface area contributed by atoms with E-state index in [4.69, 9.17) is 22.3 Å². The van der Waals surface area contributed by atoms with Crippen LogP contribution in [0.2, 0.25) is 5.02 Å². The van der Waals surface area contributed by atoms with Crippen molar-refractivity contribution in [3.8, 4) is 0 Å². The van der Waals surface area contributed by atoms with Gasteiger partial charge >= 0.3 is 0 Å². The van der Waals surface area contributed by atoms with E-state index in [1.54, 1.807) is 0 Å². The summed E-state index contributed by atoms with van der Waals surface area (Å²) in [7, 11) is 0. The first kappa shape index (κ1) is 14.1. The number of fused-ring (bicyclic) bond motifs is 1. The van der Waals surface area contributed by atoms with E-state index in [0.717, 1.165) is 46.0 Å². The van der Waals surface area contributed by atoms with Crippen LogP contribution in [0.4, 0.5) is 0 Å². The van der Waals surface area contributed by atoms with Gasteiger partial charge in [-0.05, 0) is 36.2 Å². The van der Waals surface area contributed by atoms with Gasteiger partial charge in [0.2, 0.25) is 0 Å². The molecule has 0 aliphatic heterocycles. The molecule has 0 aliphatic rings. The van der Waals surface area contributed by atoms with Crippen molar-refractivity contribution in [2.45, 2.75) is 26.4 Å². The first-order valence-electron chi connectivity index (χ1n) is 7.14. The van der Waals surface area contributed by atoms with Crippen LogP contribution in [-0.2, 0) is 19.5 Å². The average molecular weight is 300 g/mol. The lowest BCUT2D eigenvalue weighted by Gasteiger charge is -2.07. The maximum absolute atomic E-state index is 6.26. The lowest BCUT2D eigenvalue weighted by atomic mass is 10.1. The molecule has 0 unspecified atom stereocenters. The summed E-state index contributed by atoms with van der Waals surface area (Å²) in [5.41, 5.74) is 10.1. The molecule has 4 heteroatoms. The number of benzene rings is 2. The predicted molar refractivity (Wildman–Crippen MR) is 87.6 cm³/mol. The molecule has 108 valence electrons. The summed E-state index contributed by atoms with van der Waals surface area (Å²) < 4.78 is 2.24. The Balaban J connectivity index is 2.07. The van der Waals surface area contributed by atoms with Gasteiger partial charge in [-0.15, -0.1) is 0 Å². The minimum absolute atomic E-state index is 0.536. The van der Waals surface area contributed by atoms with E-state index >= 15 is 0 Å². The molecular weight excluding hydrogens is 282 g/mol. The lowest BCUT2D eigenvalue weighted by Crippen LogP contribution is -2.03. The number of hydrogen-bond acceptors (Lipinski definition) is 2. The molecule has 0 amide bonds. The highest BCUT2D eigenvalue weighted by atomic mass is 35.5. The van der Waals surface area contributed by atoms with Gasteiger partial charge in [0.15, 0.2) is 0 Å². The number of rotatable bonds is 4. The van der Waals surface area contributed by atoms with E-state index in [1.807, 2.05) is 24.3 Å². The number of imidazole rings is 1. The summed E-state index contributed by atoms with van der Waals surface area (Å²) >= 11 is 6.26. The van der Waals surface area contributed by atoms with Crippen molar-refractivity contribution in [3.63, 3.8) is 0 Å². The molecule has 2 N–H and O–H groups in total. The third-order valence-corrected chi connectivity index (χ3v) is 4.12. The van der Waals surface area contributed by atoms with Gasteiger partial charge < -0.3 is 10.3 Å². The normalized spacial score (nSPS) is 11.2. The Hall–Kier alpha value is -1.84. The molecule has 0 fully saturated rings. The van der Waals surface area contributed by atoms with Crippen LogP contribution < -0.4 is 5.73 Å². The molecule has 2 aromatic carbocycles. The van der Waals surface area contributed by atoms with Crippen LogP contribution in [0.25, 0.3) is 11.0 Å². The van der Waals surface area contributed by atoms with Crippen LogP contribution in [0, 0.1) is 0 Å². The zero-order valence-electron chi connectivity index (χ0n) is 12.0. The molecule has 1 aromatic heterocycles. The van der Waals surface area contributed by atoms with Crippen molar-refractivity contribution in [2.75, 3.05) is 0 Å². The van der Waals surface area contributed by atoms with E-state index in [1.165, 1.54) is 0 Å². The molecule has 3 rings (SSSR count). The highest BCUT2D eigenvalue weighted by Gasteiger charge is 2.11. The summed E-state index contributed by atoms with van der Waals surface area (Å²) in [6.07, 6.45) is 0.736. The lowest BCUT2D eigenvalue weighted by molar-refractivity contribution is 0.733. The SMILES string of the molecule is CCn1c(Cc2ccccc2Cl)nc2cc(CN)ccc21. The van der Waals surface area contributed by atoms with Gasteiger partial charge in [0, 0.05) is 24.5 Å². The van der Waals surface area contributed by atoms with E-state index in [9.17, 15) is 0 Å². The highest BCUT2D eigenvalue weighted by molar-refractivity contribution is 6.31. The van der Waals surface area contributed by atoms with Gasteiger partial charge in [0.25, 0.3) is 0 Å². The molecule has 0 spiro atoms. The van der Waals surface area contributed by atoms with E-state index in [-0.39, 0.29) is 0 Å². The molecule has 0 aliphatic carbocycles. The van der Waals surface area contributed by atoms with Gasteiger partial charge in [0.05, 0.1) is 11.0 Å². The molecule has 1 heterocycles. The number of hydrogen-bond donors (Lipinski definition) is 1. The van der Waals surface area contributed by atoms with E-state index < -0.39 is 0 Å². The number of nitrogens with zero attached hydrogens (tertiary/aromatic N) is 2. The Bertz CT molecular complexity index is 777. The van der Waals surface area contributed by atoms with Crippen molar-refractivity contribution in [3.05, 3.63) is 64.4 Å². The van der Waals surface area contributed by atoms with E-state index in [2.05, 4.69) is 29.7 Å². The molecule has 0 saturated carbocycles. The maximum Gasteiger partial charge on any atom is 0.114 e. The number of aryl methyl sites for hydroxylation is 1. The van der Waals surface area contributed by atoms with Crippen LogP contribution in [0.1, 0.15) is 23.9 Å². The highest BCUT2D eigenvalue weighted by Crippen LogP contribution is 2.23. The van der Waals surface area contributed by atoms with Crippen molar-refractivity contribution in [1.29, 1.82) is 0 Å². The largest absolute Gasteiger partial charge is 0.328 e. The predicted octanol–water partition coefficient (Wildman–Crippen LogP) is 3.76. The fourth-order valence-electron chi connectivity index (χ4n) is 2.65. The number of aromatic nitrogens is 2. The second-order valence-corrected chi connectivity index (χ2v) is 5.47. The Kier molecular flexibility index (Phi) is 3.95. The molecule has 0 radical (unpaired) electrons. The molecular formula is C17H18ClN3. The molecule has 21 heavy (non-hydrogen) atoms. The molecule has 0 atom stereocenters. The third-order valence-electron chi connectivity index (χ3n) is 3.75. The van der Waals surface area contributed by atoms with Gasteiger partial charge in [0.1, 0.15) is 5.82 Å². The Morgan fingerprint density at radius 3 is 2.71 bits per heavy atom. The van der Waals surface area contributed by atoms with Gasteiger partial charge in [-0.2, -0.15) is 0 Å². The maximum atomic E-state index is 6.26. The molecule has 0 saturated heterocycles. The van der Waals surface area contributed by atoms with Crippen molar-refractivity contribution in [1.82, 2.24) is 9.55 Å². The van der Waals surface area contributed by atoms with Crippen molar-refractivity contribution in [2.24, 2.45) is 5.73 Å². The summed E-state index contributed by atoms with van der Waals surface area (Å²) in [6, 6.07) is 14.2. The monoisotopic (exact) mass is 299 g/mol. The van der Waals surface area contributed by atoms with Gasteiger partial charge in [-0.3, -0.25) is 0 Å². The summed E-state index contributed by atoms with van der Waals surface area (Å²) in [5, 5.41) is 0.787.